The lowest BCUT2D eigenvalue weighted by atomic mass is 9.79. The highest BCUT2D eigenvalue weighted by Crippen LogP contribution is 2.46. The van der Waals surface area contributed by atoms with Crippen molar-refractivity contribution in [2.24, 2.45) is 5.92 Å². The van der Waals surface area contributed by atoms with E-state index < -0.39 is 5.60 Å². The zero-order chi connectivity index (χ0) is 25.9. The maximum absolute atomic E-state index is 13.3. The molecule has 2 aromatic rings. The van der Waals surface area contributed by atoms with E-state index in [9.17, 15) is 4.79 Å². The Bertz CT molecular complexity index is 1090. The highest BCUT2D eigenvalue weighted by atomic mass is 16.7. The predicted molar refractivity (Wildman–Crippen MR) is 141 cm³/mol. The van der Waals surface area contributed by atoms with Gasteiger partial charge in [-0.05, 0) is 84.7 Å². The van der Waals surface area contributed by atoms with Crippen molar-refractivity contribution in [2.75, 3.05) is 0 Å². The van der Waals surface area contributed by atoms with Crippen LogP contribution >= 0.6 is 0 Å². The number of nitrogens with zero attached hydrogens (tertiary/aromatic N) is 2. The molecule has 2 aliphatic heterocycles. The minimum atomic E-state index is -0.526. The zero-order valence-electron chi connectivity index (χ0n) is 22.8. The van der Waals surface area contributed by atoms with E-state index in [0.717, 1.165) is 48.2 Å². The third-order valence-electron chi connectivity index (χ3n) is 8.35. The van der Waals surface area contributed by atoms with Crippen LogP contribution in [0.5, 0.6) is 0 Å². The van der Waals surface area contributed by atoms with Crippen molar-refractivity contribution >= 4 is 18.7 Å². The lowest BCUT2D eigenvalue weighted by Crippen LogP contribution is -2.43. The summed E-state index contributed by atoms with van der Waals surface area (Å²) in [6.07, 6.45) is 7.15. The van der Waals surface area contributed by atoms with Gasteiger partial charge in [0.2, 0.25) is 0 Å². The molecule has 0 bridgehead atoms. The fourth-order valence-electron chi connectivity index (χ4n) is 5.73. The molecule has 1 aliphatic carbocycles. The van der Waals surface area contributed by atoms with E-state index in [2.05, 4.69) is 56.9 Å². The van der Waals surface area contributed by atoms with E-state index in [0.29, 0.717) is 5.92 Å². The summed E-state index contributed by atoms with van der Waals surface area (Å²) in [6.45, 7) is 14.0. The van der Waals surface area contributed by atoms with Crippen molar-refractivity contribution in [2.45, 2.75) is 109 Å². The summed E-state index contributed by atoms with van der Waals surface area (Å²) >= 11 is 0. The number of fused-ring (bicyclic) bond motifs is 1. The topological polar surface area (TPSA) is 76.7 Å². The van der Waals surface area contributed by atoms with Gasteiger partial charge in [-0.15, -0.1) is 0 Å². The SMILES string of the molecule is CC(C)(C)OC(=O)N1C2CCCCC2C[C@H]1c1ncc(-c2ccc(B3OC(C)(C)C(C)(C)O3)cc2)[nH]1. The molecule has 2 saturated heterocycles. The molecule has 2 unspecified atom stereocenters. The van der Waals surface area contributed by atoms with Crippen molar-refractivity contribution in [3.8, 4) is 11.3 Å². The second-order valence-corrected chi connectivity index (χ2v) is 12.6. The number of H-pyrrole nitrogens is 1. The van der Waals surface area contributed by atoms with E-state index in [1.54, 1.807) is 0 Å². The summed E-state index contributed by atoms with van der Waals surface area (Å²) in [5.41, 5.74) is 1.70. The standard InChI is InChI=1S/C28H40BN3O4/c1-26(2,3)34-25(33)32-22-11-9-8-10-19(22)16-23(32)24-30-17-21(31-24)18-12-14-20(15-13-18)29-35-27(4,5)28(6,7)36-29/h12-15,17,19,22-23H,8-11,16H2,1-7H3,(H,30,31)/t19?,22?,23-/m0/s1. The third kappa shape index (κ3) is 4.70. The maximum Gasteiger partial charge on any atom is 0.494 e. The fraction of sp³-hybridized carbons (Fsp3) is 0.643. The Morgan fingerprint density at radius 1 is 1.08 bits per heavy atom. The van der Waals surface area contributed by atoms with Crippen LogP contribution in [0.2, 0.25) is 0 Å². The number of amides is 1. The van der Waals surface area contributed by atoms with Crippen LogP contribution in [0.1, 0.15) is 92.4 Å². The van der Waals surface area contributed by atoms with E-state index >= 15 is 0 Å². The van der Waals surface area contributed by atoms with Crippen molar-refractivity contribution in [3.63, 3.8) is 0 Å². The smallest absolute Gasteiger partial charge is 0.444 e. The first-order valence-corrected chi connectivity index (χ1v) is 13.4. The molecule has 1 aromatic carbocycles. The lowest BCUT2D eigenvalue weighted by molar-refractivity contribution is 0.00578. The number of nitrogens with one attached hydrogen (secondary N) is 1. The maximum atomic E-state index is 13.3. The first-order chi connectivity index (χ1) is 16.8. The summed E-state index contributed by atoms with van der Waals surface area (Å²) in [6, 6.07) is 8.37. The number of benzene rings is 1. The van der Waals surface area contributed by atoms with Crippen molar-refractivity contribution < 1.29 is 18.8 Å². The summed E-state index contributed by atoms with van der Waals surface area (Å²) in [4.78, 5) is 23.5. The van der Waals surface area contributed by atoms with Crippen molar-refractivity contribution in [3.05, 3.63) is 36.3 Å². The Morgan fingerprint density at radius 2 is 1.72 bits per heavy atom. The highest BCUT2D eigenvalue weighted by Gasteiger charge is 2.52. The van der Waals surface area contributed by atoms with Crippen LogP contribution < -0.4 is 5.46 Å². The van der Waals surface area contributed by atoms with Crippen LogP contribution in [-0.4, -0.2) is 50.9 Å². The van der Waals surface area contributed by atoms with Gasteiger partial charge < -0.3 is 19.0 Å². The molecule has 1 N–H and O–H groups in total. The number of ether oxygens (including phenoxy) is 1. The van der Waals surface area contributed by atoms with Gasteiger partial charge in [-0.25, -0.2) is 9.78 Å². The second-order valence-electron chi connectivity index (χ2n) is 12.6. The van der Waals surface area contributed by atoms with Gasteiger partial charge in [-0.3, -0.25) is 4.90 Å². The number of rotatable bonds is 3. The first kappa shape index (κ1) is 25.3. The minimum Gasteiger partial charge on any atom is -0.444 e. The molecule has 1 amide bonds. The number of carbonyl (C=O) groups excluding carboxylic acids is 1. The van der Waals surface area contributed by atoms with Gasteiger partial charge >= 0.3 is 13.2 Å². The summed E-state index contributed by atoms with van der Waals surface area (Å²) < 4.78 is 18.2. The van der Waals surface area contributed by atoms with Gasteiger partial charge in [-0.2, -0.15) is 0 Å². The lowest BCUT2D eigenvalue weighted by Gasteiger charge is -2.34. The Balaban J connectivity index is 1.35. The number of likely N-dealkylation sites (tertiary alicyclic amines) is 1. The van der Waals surface area contributed by atoms with Crippen LogP contribution in [0.4, 0.5) is 4.79 Å². The average Bonchev–Trinajstić information content (AvgIpc) is 3.47. The number of hydrogen-bond acceptors (Lipinski definition) is 5. The summed E-state index contributed by atoms with van der Waals surface area (Å²) in [5, 5.41) is 0. The van der Waals surface area contributed by atoms with E-state index in [4.69, 9.17) is 19.0 Å². The van der Waals surface area contributed by atoms with Crippen LogP contribution in [0.3, 0.4) is 0 Å². The number of imidazole rings is 1. The van der Waals surface area contributed by atoms with Crippen LogP contribution in [0, 0.1) is 5.92 Å². The Hall–Kier alpha value is -2.32. The van der Waals surface area contributed by atoms with Gasteiger partial charge in [0, 0.05) is 6.04 Å². The quantitative estimate of drug-likeness (QED) is 0.562. The molecule has 3 fully saturated rings. The van der Waals surface area contributed by atoms with Crippen LogP contribution in [0.15, 0.2) is 30.5 Å². The molecular formula is C28H40BN3O4. The largest absolute Gasteiger partial charge is 0.494 e. The monoisotopic (exact) mass is 493 g/mol. The molecule has 7 nitrogen and oxygen atoms in total. The molecule has 1 saturated carbocycles. The van der Waals surface area contributed by atoms with Crippen LogP contribution in [-0.2, 0) is 14.0 Å². The highest BCUT2D eigenvalue weighted by molar-refractivity contribution is 6.62. The fourth-order valence-corrected chi connectivity index (χ4v) is 5.73. The molecule has 36 heavy (non-hydrogen) atoms. The first-order valence-electron chi connectivity index (χ1n) is 13.4. The molecule has 3 aliphatic rings. The molecule has 5 rings (SSSR count). The molecular weight excluding hydrogens is 453 g/mol. The predicted octanol–water partition coefficient (Wildman–Crippen LogP) is 5.62. The zero-order valence-corrected chi connectivity index (χ0v) is 22.8. The number of aromatic nitrogens is 2. The molecule has 0 radical (unpaired) electrons. The van der Waals surface area contributed by atoms with E-state index in [1.807, 2.05) is 31.9 Å². The Morgan fingerprint density at radius 3 is 2.36 bits per heavy atom. The van der Waals surface area contributed by atoms with E-state index in [-0.39, 0.29) is 36.5 Å². The van der Waals surface area contributed by atoms with Crippen molar-refractivity contribution in [1.82, 2.24) is 14.9 Å². The number of aromatic amines is 1. The van der Waals surface area contributed by atoms with Gasteiger partial charge in [0.25, 0.3) is 0 Å². The van der Waals surface area contributed by atoms with Gasteiger partial charge in [0.1, 0.15) is 11.4 Å². The molecule has 194 valence electrons. The molecule has 3 atom stereocenters. The molecule has 1 aromatic heterocycles. The van der Waals surface area contributed by atoms with E-state index in [1.165, 1.54) is 6.42 Å². The number of hydrogen-bond donors (Lipinski definition) is 1. The minimum absolute atomic E-state index is 0.0919. The Kier molecular flexibility index (Phi) is 6.27. The van der Waals surface area contributed by atoms with Crippen LogP contribution in [0.25, 0.3) is 11.3 Å². The molecule has 8 heteroatoms. The second kappa shape index (κ2) is 8.91. The molecule has 3 heterocycles. The van der Waals surface area contributed by atoms with Gasteiger partial charge in [-0.1, -0.05) is 37.1 Å². The van der Waals surface area contributed by atoms with Crippen molar-refractivity contribution in [1.29, 1.82) is 0 Å². The van der Waals surface area contributed by atoms with Gasteiger partial charge in [0.15, 0.2) is 0 Å². The molecule has 0 spiro atoms. The number of carbonyl (C=O) groups is 1. The normalized spacial score (nSPS) is 27.2. The Labute approximate surface area is 215 Å². The summed E-state index contributed by atoms with van der Waals surface area (Å²) in [7, 11) is -0.384. The van der Waals surface area contributed by atoms with Gasteiger partial charge in [0.05, 0.1) is 29.1 Å². The summed E-state index contributed by atoms with van der Waals surface area (Å²) in [5.74, 6) is 1.34. The third-order valence-corrected chi connectivity index (χ3v) is 8.35. The average molecular weight is 493 g/mol.